The number of hydrogen-bond acceptors (Lipinski definition) is 8. The number of esters is 1. The van der Waals surface area contributed by atoms with Gasteiger partial charge in [0.1, 0.15) is 17.0 Å². The molecule has 1 aliphatic rings. The average Bonchev–Trinajstić information content (AvgIpc) is 3.60. The van der Waals surface area contributed by atoms with E-state index in [1.807, 2.05) is 33.8 Å². The van der Waals surface area contributed by atoms with E-state index in [4.69, 9.17) is 22.1 Å². The summed E-state index contributed by atoms with van der Waals surface area (Å²) in [7, 11) is 0. The molecule has 0 radical (unpaired) electrons. The predicted molar refractivity (Wildman–Crippen MR) is 168 cm³/mol. The summed E-state index contributed by atoms with van der Waals surface area (Å²) >= 11 is 5.49. The van der Waals surface area contributed by atoms with Crippen molar-refractivity contribution in [2.24, 2.45) is 5.73 Å². The van der Waals surface area contributed by atoms with E-state index >= 15 is 0 Å². The second-order valence-corrected chi connectivity index (χ2v) is 11.7. The Balaban J connectivity index is 0.000000338. The SMILES string of the molecule is C.Cc1c(C(=O)OC(C)(C)C)ccc2c1CC[C@@H]2NC(=O)c1cc(C(=O)O)nc2ccnn12.NCc1ccc(Cl)c(OC(F)(F)F)c1. The Bertz CT molecular complexity index is 1800. The highest BCUT2D eigenvalue weighted by Gasteiger charge is 2.32. The van der Waals surface area contributed by atoms with Crippen LogP contribution in [0.25, 0.3) is 5.65 Å². The highest BCUT2D eigenvalue weighted by molar-refractivity contribution is 6.32. The zero-order chi connectivity index (χ0) is 34.0. The number of benzene rings is 2. The van der Waals surface area contributed by atoms with Gasteiger partial charge in [0.05, 0.1) is 22.8 Å². The third kappa shape index (κ3) is 8.98. The molecule has 0 unspecified atom stereocenters. The van der Waals surface area contributed by atoms with Gasteiger partial charge in [0.15, 0.2) is 11.3 Å². The lowest BCUT2D eigenvalue weighted by Gasteiger charge is -2.21. The van der Waals surface area contributed by atoms with Gasteiger partial charge in [-0.2, -0.15) is 5.10 Å². The van der Waals surface area contributed by atoms with Gasteiger partial charge in [0.25, 0.3) is 5.91 Å². The summed E-state index contributed by atoms with van der Waals surface area (Å²) < 4.78 is 46.0. The molecule has 11 nitrogen and oxygen atoms in total. The Morgan fingerprint density at radius 3 is 2.45 bits per heavy atom. The fourth-order valence-corrected chi connectivity index (χ4v) is 5.03. The molecule has 0 fully saturated rings. The number of nitrogens with zero attached hydrogens (tertiary/aromatic N) is 3. The van der Waals surface area contributed by atoms with Crippen molar-refractivity contribution < 1.29 is 42.1 Å². The zero-order valence-corrected chi connectivity index (χ0v) is 26.0. The van der Waals surface area contributed by atoms with E-state index in [-0.39, 0.29) is 48.0 Å². The topological polar surface area (TPSA) is 158 Å². The maximum Gasteiger partial charge on any atom is 0.573 e. The van der Waals surface area contributed by atoms with E-state index in [9.17, 15) is 32.7 Å². The number of alkyl halides is 3. The minimum atomic E-state index is -4.74. The van der Waals surface area contributed by atoms with Crippen molar-refractivity contribution in [3.8, 4) is 5.75 Å². The number of carboxylic acid groups (broad SMARTS) is 1. The standard InChI is InChI=1S/C23H24N4O5.C8H7ClF3NO.CH4/c1-12-13-7-8-16(15(13)6-5-14(12)22(31)32-23(2,3)4)26-20(28)18-11-17(21(29)30)25-19-9-10-24-27(18)19;9-6-2-1-5(4-13)3-7(6)14-8(10,11)12;/h5-6,9-11,16H,7-8H2,1-4H3,(H,26,28)(H,29,30);1-3H,4,13H2;1H4/t16-;;/m0../s1. The van der Waals surface area contributed by atoms with Crippen LogP contribution in [0.1, 0.15) is 94.2 Å². The fraction of sp³-hybridized carbons (Fsp3) is 0.344. The number of aromatic nitrogens is 3. The number of fused-ring (bicyclic) bond motifs is 2. The number of nitrogens with one attached hydrogen (secondary N) is 1. The number of amides is 1. The van der Waals surface area contributed by atoms with Crippen molar-refractivity contribution in [3.63, 3.8) is 0 Å². The van der Waals surface area contributed by atoms with Crippen molar-refractivity contribution in [1.29, 1.82) is 0 Å². The van der Waals surface area contributed by atoms with Gasteiger partial charge in [-0.3, -0.25) is 4.79 Å². The zero-order valence-electron chi connectivity index (χ0n) is 25.2. The number of carboxylic acids is 1. The first-order valence-electron chi connectivity index (χ1n) is 14.0. The van der Waals surface area contributed by atoms with Crippen LogP contribution in [-0.4, -0.2) is 49.5 Å². The molecular formula is C32H35ClF3N5O6. The van der Waals surface area contributed by atoms with Gasteiger partial charge < -0.3 is 25.6 Å². The molecule has 252 valence electrons. The molecule has 2 heterocycles. The van der Waals surface area contributed by atoms with Gasteiger partial charge in [-0.15, -0.1) is 13.2 Å². The molecule has 2 aromatic carbocycles. The molecule has 0 spiro atoms. The van der Waals surface area contributed by atoms with E-state index in [1.165, 1.54) is 35.0 Å². The molecule has 4 N–H and O–H groups in total. The van der Waals surface area contributed by atoms with Crippen LogP contribution >= 0.6 is 11.6 Å². The first-order valence-corrected chi connectivity index (χ1v) is 14.3. The number of ether oxygens (including phenoxy) is 2. The summed E-state index contributed by atoms with van der Waals surface area (Å²) in [6.07, 6.45) is -1.91. The Morgan fingerprint density at radius 1 is 1.13 bits per heavy atom. The first-order chi connectivity index (χ1) is 21.5. The van der Waals surface area contributed by atoms with Crippen molar-refractivity contribution in [1.82, 2.24) is 19.9 Å². The van der Waals surface area contributed by atoms with E-state index in [2.05, 4.69) is 20.1 Å². The monoisotopic (exact) mass is 677 g/mol. The summed E-state index contributed by atoms with van der Waals surface area (Å²) in [6, 6.07) is 10.1. The minimum Gasteiger partial charge on any atom is -0.477 e. The number of halogens is 4. The van der Waals surface area contributed by atoms with Crippen LogP contribution in [0.3, 0.4) is 0 Å². The lowest BCUT2D eigenvalue weighted by Crippen LogP contribution is -2.29. The van der Waals surface area contributed by atoms with Crippen LogP contribution < -0.4 is 15.8 Å². The summed E-state index contributed by atoms with van der Waals surface area (Å²) in [5.41, 5.74) is 8.65. The molecule has 1 aliphatic carbocycles. The molecule has 47 heavy (non-hydrogen) atoms. The second-order valence-electron chi connectivity index (χ2n) is 11.3. The molecule has 2 aromatic heterocycles. The Kier molecular flexibility index (Phi) is 11.3. The van der Waals surface area contributed by atoms with Crippen LogP contribution in [0.15, 0.2) is 48.7 Å². The number of rotatable bonds is 6. The maximum absolute atomic E-state index is 13.0. The summed E-state index contributed by atoms with van der Waals surface area (Å²) in [4.78, 5) is 41.0. The van der Waals surface area contributed by atoms with Crippen molar-refractivity contribution >= 4 is 35.1 Å². The quantitative estimate of drug-likeness (QED) is 0.195. The van der Waals surface area contributed by atoms with Crippen molar-refractivity contribution in [2.45, 2.75) is 72.5 Å². The summed E-state index contributed by atoms with van der Waals surface area (Å²) in [5.74, 6) is -2.47. The number of carbonyl (C=O) groups is 3. The molecule has 0 saturated heterocycles. The van der Waals surface area contributed by atoms with Gasteiger partial charge in [0.2, 0.25) is 0 Å². The second kappa shape index (κ2) is 14.4. The maximum atomic E-state index is 13.0. The lowest BCUT2D eigenvalue weighted by atomic mass is 9.97. The number of nitrogens with two attached hydrogens (primary N) is 1. The van der Waals surface area contributed by atoms with Gasteiger partial charge in [-0.05, 0) is 81.0 Å². The van der Waals surface area contributed by atoms with Crippen LogP contribution in [0.2, 0.25) is 5.02 Å². The first kappa shape index (κ1) is 36.8. The molecule has 0 aliphatic heterocycles. The highest BCUT2D eigenvalue weighted by atomic mass is 35.5. The average molecular weight is 678 g/mol. The normalized spacial score (nSPS) is 13.9. The van der Waals surface area contributed by atoms with E-state index in [0.29, 0.717) is 24.0 Å². The number of hydrogen-bond donors (Lipinski definition) is 3. The lowest BCUT2D eigenvalue weighted by molar-refractivity contribution is -0.274. The Hall–Kier alpha value is -4.69. The Morgan fingerprint density at radius 2 is 1.83 bits per heavy atom. The molecule has 1 atom stereocenters. The van der Waals surface area contributed by atoms with Crippen molar-refractivity contribution in [2.75, 3.05) is 0 Å². The van der Waals surface area contributed by atoms with Gasteiger partial charge in [-0.25, -0.2) is 19.1 Å². The third-order valence-electron chi connectivity index (χ3n) is 6.89. The minimum absolute atomic E-state index is 0. The number of aromatic carboxylic acids is 1. The van der Waals surface area contributed by atoms with Crippen LogP contribution in [0.4, 0.5) is 13.2 Å². The van der Waals surface area contributed by atoms with Gasteiger partial charge in [0, 0.05) is 18.7 Å². The van der Waals surface area contributed by atoms with Crippen LogP contribution in [-0.2, 0) is 17.7 Å². The largest absolute Gasteiger partial charge is 0.573 e. The molecule has 5 rings (SSSR count). The third-order valence-corrected chi connectivity index (χ3v) is 7.20. The van der Waals surface area contributed by atoms with Crippen LogP contribution in [0, 0.1) is 6.92 Å². The smallest absolute Gasteiger partial charge is 0.477 e. The predicted octanol–water partition coefficient (Wildman–Crippen LogP) is 6.44. The molecular weight excluding hydrogens is 643 g/mol. The van der Waals surface area contributed by atoms with Gasteiger partial charge in [-0.1, -0.05) is 31.2 Å². The fourth-order valence-electron chi connectivity index (χ4n) is 4.88. The summed E-state index contributed by atoms with van der Waals surface area (Å²) in [5, 5.41) is 16.3. The molecule has 0 bridgehead atoms. The highest BCUT2D eigenvalue weighted by Crippen LogP contribution is 2.35. The molecule has 15 heteroatoms. The van der Waals surface area contributed by atoms with Gasteiger partial charge >= 0.3 is 18.3 Å². The number of carbonyl (C=O) groups excluding carboxylic acids is 2. The Labute approximate surface area is 273 Å². The molecule has 4 aromatic rings. The van der Waals surface area contributed by atoms with E-state index < -0.39 is 29.6 Å². The van der Waals surface area contributed by atoms with Crippen molar-refractivity contribution in [3.05, 3.63) is 92.9 Å². The van der Waals surface area contributed by atoms with E-state index in [0.717, 1.165) is 22.8 Å². The van der Waals surface area contributed by atoms with Crippen LogP contribution in [0.5, 0.6) is 5.75 Å². The molecule has 1 amide bonds. The van der Waals surface area contributed by atoms with E-state index in [1.54, 1.807) is 6.07 Å². The summed E-state index contributed by atoms with van der Waals surface area (Å²) in [6.45, 7) is 7.49. The molecule has 0 saturated carbocycles.